The highest BCUT2D eigenvalue weighted by Crippen LogP contribution is 2.36. The van der Waals surface area contributed by atoms with Crippen LogP contribution in [0.3, 0.4) is 0 Å². The summed E-state index contributed by atoms with van der Waals surface area (Å²) in [6.07, 6.45) is 1.74. The van der Waals surface area contributed by atoms with E-state index in [2.05, 4.69) is 13.8 Å². The molecular weight excluding hydrogens is 310 g/mol. The topological polar surface area (TPSA) is 0 Å². The molecule has 0 aliphatic rings. The van der Waals surface area contributed by atoms with E-state index in [0.717, 1.165) is 23.4 Å². The molecule has 102 valence electrons. The molecule has 0 saturated heterocycles. The summed E-state index contributed by atoms with van der Waals surface area (Å²) < 4.78 is 0. The lowest BCUT2D eigenvalue weighted by Crippen LogP contribution is -2.30. The maximum atomic E-state index is 6.21. The number of benzene rings is 1. The van der Waals surface area contributed by atoms with Crippen molar-refractivity contribution in [3.05, 3.63) is 33.8 Å². The highest BCUT2D eigenvalue weighted by Gasteiger charge is 2.30. The van der Waals surface area contributed by atoms with Crippen LogP contribution < -0.4 is 0 Å². The first kappa shape index (κ1) is 16.4. The summed E-state index contributed by atoms with van der Waals surface area (Å²) in [7, 11) is 0. The molecule has 0 amide bonds. The Hall–Kier alpha value is 0.380. The molecule has 0 aliphatic heterocycles. The fourth-order valence-electron chi connectivity index (χ4n) is 2.26. The predicted molar refractivity (Wildman–Crippen MR) is 83.5 cm³/mol. The van der Waals surface area contributed by atoms with Gasteiger partial charge in [-0.3, -0.25) is 0 Å². The lowest BCUT2D eigenvalue weighted by Gasteiger charge is -2.32. The first-order valence-electron chi connectivity index (χ1n) is 5.98. The zero-order chi connectivity index (χ0) is 13.8. The summed E-state index contributed by atoms with van der Waals surface area (Å²) in [5.41, 5.74) is 0.900. The third kappa shape index (κ3) is 4.49. The van der Waals surface area contributed by atoms with Gasteiger partial charge in [-0.05, 0) is 42.5 Å². The minimum absolute atomic E-state index is 0.119. The highest BCUT2D eigenvalue weighted by molar-refractivity contribution is 6.33. The Labute approximate surface area is 130 Å². The second-order valence-corrected chi connectivity index (χ2v) is 6.66. The van der Waals surface area contributed by atoms with E-state index in [4.69, 9.17) is 46.4 Å². The molecule has 0 N–H and O–H groups in total. The predicted octanol–water partition coefficient (Wildman–Crippen LogP) is 6.05. The quantitative estimate of drug-likeness (QED) is 0.558. The molecule has 1 rings (SSSR count). The summed E-state index contributed by atoms with van der Waals surface area (Å²) in [5, 5.41) is 1.42. The number of rotatable bonds is 6. The van der Waals surface area contributed by atoms with Crippen LogP contribution in [0.4, 0.5) is 0 Å². The maximum Gasteiger partial charge on any atom is 0.0439 e. The van der Waals surface area contributed by atoms with Crippen LogP contribution in [0.2, 0.25) is 10.0 Å². The van der Waals surface area contributed by atoms with Gasteiger partial charge in [0.15, 0.2) is 0 Å². The first-order valence-corrected chi connectivity index (χ1v) is 7.81. The normalized spacial score (nSPS) is 12.2. The van der Waals surface area contributed by atoms with Gasteiger partial charge in [-0.15, -0.1) is 23.2 Å². The van der Waals surface area contributed by atoms with Crippen LogP contribution >= 0.6 is 46.4 Å². The van der Waals surface area contributed by atoms with Crippen molar-refractivity contribution >= 4 is 46.4 Å². The summed E-state index contributed by atoms with van der Waals surface area (Å²) in [5.74, 6) is 1.59. The second-order valence-electron chi connectivity index (χ2n) is 5.28. The van der Waals surface area contributed by atoms with E-state index in [1.807, 2.05) is 12.1 Å². The number of alkyl halides is 2. The molecule has 1 aromatic rings. The second kappa shape index (κ2) is 7.24. The van der Waals surface area contributed by atoms with Gasteiger partial charge in [-0.25, -0.2) is 0 Å². The molecule has 0 aromatic heterocycles. The van der Waals surface area contributed by atoms with E-state index in [-0.39, 0.29) is 5.41 Å². The first-order chi connectivity index (χ1) is 8.42. The molecule has 0 bridgehead atoms. The lowest BCUT2D eigenvalue weighted by molar-refractivity contribution is 0.295. The van der Waals surface area contributed by atoms with Gasteiger partial charge in [0.25, 0.3) is 0 Å². The number of hydrogen-bond donors (Lipinski definition) is 0. The molecule has 0 fully saturated rings. The molecule has 4 heteroatoms. The monoisotopic (exact) mass is 326 g/mol. The van der Waals surface area contributed by atoms with Crippen molar-refractivity contribution < 1.29 is 0 Å². The molecular formula is C14H18Cl4. The molecule has 18 heavy (non-hydrogen) atoms. The molecule has 0 heterocycles. The molecule has 1 aromatic carbocycles. The SMILES string of the molecule is CC(C)CC(CCl)(CCl)Cc1cc(Cl)ccc1Cl. The Bertz CT molecular complexity index is 383. The zero-order valence-electron chi connectivity index (χ0n) is 10.6. The molecule has 0 spiro atoms. The molecule has 0 radical (unpaired) electrons. The van der Waals surface area contributed by atoms with E-state index in [9.17, 15) is 0 Å². The van der Waals surface area contributed by atoms with Gasteiger partial charge >= 0.3 is 0 Å². The van der Waals surface area contributed by atoms with Crippen molar-refractivity contribution in [2.24, 2.45) is 11.3 Å². The van der Waals surface area contributed by atoms with Crippen LogP contribution in [0.5, 0.6) is 0 Å². The summed E-state index contributed by atoms with van der Waals surface area (Å²) >= 11 is 24.5. The van der Waals surface area contributed by atoms with E-state index >= 15 is 0 Å². The van der Waals surface area contributed by atoms with E-state index in [1.54, 1.807) is 6.07 Å². The summed E-state index contributed by atoms with van der Waals surface area (Å²) in [6.45, 7) is 4.35. The van der Waals surface area contributed by atoms with E-state index in [0.29, 0.717) is 22.7 Å². The average Bonchev–Trinajstić information content (AvgIpc) is 2.32. The van der Waals surface area contributed by atoms with Gasteiger partial charge in [-0.2, -0.15) is 0 Å². The smallest absolute Gasteiger partial charge is 0.0439 e. The molecule has 0 atom stereocenters. The molecule has 0 unspecified atom stereocenters. The minimum Gasteiger partial charge on any atom is -0.126 e. The van der Waals surface area contributed by atoms with Crippen molar-refractivity contribution in [1.29, 1.82) is 0 Å². The summed E-state index contributed by atoms with van der Waals surface area (Å²) in [4.78, 5) is 0. The zero-order valence-corrected chi connectivity index (χ0v) is 13.7. The fourth-order valence-corrected chi connectivity index (χ4v) is 3.33. The van der Waals surface area contributed by atoms with Crippen molar-refractivity contribution in [3.63, 3.8) is 0 Å². The van der Waals surface area contributed by atoms with Gasteiger partial charge in [-0.1, -0.05) is 37.0 Å². The largest absolute Gasteiger partial charge is 0.126 e. The van der Waals surface area contributed by atoms with Gasteiger partial charge in [0.2, 0.25) is 0 Å². The fraction of sp³-hybridized carbons (Fsp3) is 0.571. The molecule has 0 nitrogen and oxygen atoms in total. The lowest BCUT2D eigenvalue weighted by atomic mass is 9.78. The van der Waals surface area contributed by atoms with Crippen LogP contribution in [-0.4, -0.2) is 11.8 Å². The van der Waals surface area contributed by atoms with Gasteiger partial charge < -0.3 is 0 Å². The van der Waals surface area contributed by atoms with Crippen molar-refractivity contribution in [1.82, 2.24) is 0 Å². The van der Waals surface area contributed by atoms with Crippen molar-refractivity contribution in [2.75, 3.05) is 11.8 Å². The minimum atomic E-state index is -0.119. The number of hydrogen-bond acceptors (Lipinski definition) is 0. The van der Waals surface area contributed by atoms with Crippen molar-refractivity contribution in [3.8, 4) is 0 Å². The van der Waals surface area contributed by atoms with Gasteiger partial charge in [0, 0.05) is 27.2 Å². The third-order valence-electron chi connectivity index (χ3n) is 2.98. The van der Waals surface area contributed by atoms with Gasteiger partial charge in [0.05, 0.1) is 0 Å². The standard InChI is InChI=1S/C14H18Cl4/c1-10(2)6-14(8-15,9-16)7-11-5-12(17)3-4-13(11)18/h3-5,10H,6-9H2,1-2H3. The Kier molecular flexibility index (Phi) is 6.61. The van der Waals surface area contributed by atoms with Crippen LogP contribution in [0.25, 0.3) is 0 Å². The Morgan fingerprint density at radius 3 is 2.22 bits per heavy atom. The third-order valence-corrected chi connectivity index (χ3v) is 4.72. The Balaban J connectivity index is 2.98. The summed E-state index contributed by atoms with van der Waals surface area (Å²) in [6, 6.07) is 5.51. The van der Waals surface area contributed by atoms with E-state index in [1.165, 1.54) is 0 Å². The van der Waals surface area contributed by atoms with Crippen LogP contribution in [0.1, 0.15) is 25.8 Å². The molecule has 0 saturated carbocycles. The molecule has 0 aliphatic carbocycles. The number of halogens is 4. The van der Waals surface area contributed by atoms with Crippen molar-refractivity contribution in [2.45, 2.75) is 26.7 Å². The highest BCUT2D eigenvalue weighted by atomic mass is 35.5. The Morgan fingerprint density at radius 1 is 1.11 bits per heavy atom. The maximum absolute atomic E-state index is 6.21. The van der Waals surface area contributed by atoms with Crippen LogP contribution in [-0.2, 0) is 6.42 Å². The van der Waals surface area contributed by atoms with Crippen LogP contribution in [0, 0.1) is 11.3 Å². The Morgan fingerprint density at radius 2 is 1.72 bits per heavy atom. The van der Waals surface area contributed by atoms with E-state index < -0.39 is 0 Å². The van der Waals surface area contributed by atoms with Crippen LogP contribution in [0.15, 0.2) is 18.2 Å². The van der Waals surface area contributed by atoms with Gasteiger partial charge in [0.1, 0.15) is 0 Å². The average molecular weight is 328 g/mol.